The lowest BCUT2D eigenvalue weighted by Crippen LogP contribution is -2.46. The van der Waals surface area contributed by atoms with Gasteiger partial charge in [0.1, 0.15) is 17.2 Å². The number of carbonyl (C=O) groups is 3. The molecule has 0 atom stereocenters. The SMILES string of the molecule is CCC1CCN(C(=O)N2CCn3nc(C4=C(c5cnc6ccccn56)C(=O)CC4=O)c4cc(F)cc(c43)C2)CC1. The molecule has 1 fully saturated rings. The average molecular weight is 541 g/mol. The second-order valence-electron chi connectivity index (χ2n) is 10.9. The van der Waals surface area contributed by atoms with Crippen LogP contribution in [0.2, 0.25) is 0 Å². The fraction of sp³-hybridized carbons (Fsp3) is 0.367. The van der Waals surface area contributed by atoms with Crippen LogP contribution in [0.3, 0.4) is 0 Å². The minimum Gasteiger partial charge on any atom is -0.325 e. The van der Waals surface area contributed by atoms with E-state index >= 15 is 4.39 Å². The number of pyridine rings is 1. The Labute approximate surface area is 229 Å². The number of nitrogens with zero attached hydrogens (tertiary/aromatic N) is 6. The Balaban J connectivity index is 1.31. The maximum absolute atomic E-state index is 15.1. The van der Waals surface area contributed by atoms with E-state index in [9.17, 15) is 14.4 Å². The molecule has 5 heterocycles. The summed E-state index contributed by atoms with van der Waals surface area (Å²) in [6.45, 7) is 4.71. The van der Waals surface area contributed by atoms with E-state index in [1.165, 1.54) is 12.1 Å². The fourth-order valence-electron chi connectivity index (χ4n) is 6.47. The largest absolute Gasteiger partial charge is 0.325 e. The van der Waals surface area contributed by atoms with Gasteiger partial charge in [-0.2, -0.15) is 5.10 Å². The van der Waals surface area contributed by atoms with E-state index in [4.69, 9.17) is 5.10 Å². The molecule has 2 amide bonds. The molecule has 1 saturated heterocycles. The second-order valence-corrected chi connectivity index (χ2v) is 10.9. The van der Waals surface area contributed by atoms with Crippen LogP contribution in [0, 0.1) is 11.7 Å². The average Bonchev–Trinajstić information content (AvgIpc) is 3.58. The van der Waals surface area contributed by atoms with E-state index in [1.807, 2.05) is 23.1 Å². The summed E-state index contributed by atoms with van der Waals surface area (Å²) < 4.78 is 18.6. The predicted molar refractivity (Wildman–Crippen MR) is 147 cm³/mol. The number of carbonyl (C=O) groups excluding carboxylic acids is 3. The highest BCUT2D eigenvalue weighted by atomic mass is 19.1. The van der Waals surface area contributed by atoms with Gasteiger partial charge >= 0.3 is 6.03 Å². The predicted octanol–water partition coefficient (Wildman–Crippen LogP) is 4.33. The van der Waals surface area contributed by atoms with Gasteiger partial charge in [-0.1, -0.05) is 19.4 Å². The van der Waals surface area contributed by atoms with Gasteiger partial charge in [0.2, 0.25) is 0 Å². The van der Waals surface area contributed by atoms with Crippen molar-refractivity contribution >= 4 is 45.3 Å². The monoisotopic (exact) mass is 540 g/mol. The van der Waals surface area contributed by atoms with E-state index in [1.54, 1.807) is 26.4 Å². The third-order valence-electron chi connectivity index (χ3n) is 8.60. The van der Waals surface area contributed by atoms with Crippen molar-refractivity contribution in [2.45, 2.75) is 45.7 Å². The lowest BCUT2D eigenvalue weighted by molar-refractivity contribution is -0.119. The molecule has 4 aromatic rings. The summed E-state index contributed by atoms with van der Waals surface area (Å²) in [5.74, 6) is -0.465. The number of halogens is 1. The summed E-state index contributed by atoms with van der Waals surface area (Å²) in [6.07, 6.45) is 6.24. The van der Waals surface area contributed by atoms with Crippen LogP contribution in [-0.2, 0) is 22.7 Å². The van der Waals surface area contributed by atoms with Crippen LogP contribution in [0.1, 0.15) is 49.6 Å². The number of amides is 2. The summed E-state index contributed by atoms with van der Waals surface area (Å²) in [6, 6.07) is 8.29. The number of allylic oxidation sites excluding steroid dienone is 2. The molecule has 3 aliphatic rings. The molecule has 10 heteroatoms. The van der Waals surface area contributed by atoms with E-state index in [0.717, 1.165) is 32.4 Å². The van der Waals surface area contributed by atoms with Gasteiger partial charge in [-0.3, -0.25) is 18.7 Å². The van der Waals surface area contributed by atoms with Gasteiger partial charge in [0.25, 0.3) is 0 Å². The first-order valence-corrected chi connectivity index (χ1v) is 13.9. The third-order valence-corrected chi connectivity index (χ3v) is 8.60. The number of piperidine rings is 1. The van der Waals surface area contributed by atoms with Crippen molar-refractivity contribution in [1.29, 1.82) is 0 Å². The number of imidazole rings is 1. The van der Waals surface area contributed by atoms with E-state index in [2.05, 4.69) is 11.9 Å². The summed E-state index contributed by atoms with van der Waals surface area (Å²) in [7, 11) is 0. The van der Waals surface area contributed by atoms with Crippen molar-refractivity contribution in [3.8, 4) is 0 Å². The molecule has 1 aromatic carbocycles. The fourth-order valence-corrected chi connectivity index (χ4v) is 6.47. The van der Waals surface area contributed by atoms with Crippen LogP contribution in [0.15, 0.2) is 42.7 Å². The first-order valence-electron chi connectivity index (χ1n) is 13.9. The Morgan fingerprint density at radius 3 is 2.62 bits per heavy atom. The zero-order chi connectivity index (χ0) is 27.5. The highest BCUT2D eigenvalue weighted by Crippen LogP contribution is 2.39. The zero-order valence-corrected chi connectivity index (χ0v) is 22.3. The van der Waals surface area contributed by atoms with Gasteiger partial charge in [-0.05, 0) is 43.0 Å². The number of ketones is 2. The van der Waals surface area contributed by atoms with Gasteiger partial charge < -0.3 is 9.80 Å². The normalized spacial score (nSPS) is 18.4. The Hall–Kier alpha value is -4.34. The van der Waals surface area contributed by atoms with Crippen LogP contribution in [0.5, 0.6) is 0 Å². The van der Waals surface area contributed by atoms with E-state index < -0.39 is 5.82 Å². The Bertz CT molecular complexity index is 1740. The molecule has 0 saturated carbocycles. The van der Waals surface area contributed by atoms with Crippen LogP contribution in [0.4, 0.5) is 9.18 Å². The zero-order valence-electron chi connectivity index (χ0n) is 22.3. The molecule has 204 valence electrons. The Kier molecular flexibility index (Phi) is 5.80. The third kappa shape index (κ3) is 3.84. The molecule has 7 rings (SSSR count). The number of likely N-dealkylation sites (tertiary alicyclic amines) is 1. The van der Waals surface area contributed by atoms with Gasteiger partial charge in [-0.25, -0.2) is 14.2 Å². The van der Waals surface area contributed by atoms with E-state index in [-0.39, 0.29) is 41.7 Å². The number of aromatic nitrogens is 4. The summed E-state index contributed by atoms with van der Waals surface area (Å²) in [5, 5.41) is 5.26. The molecule has 0 bridgehead atoms. The minimum absolute atomic E-state index is 0.0351. The quantitative estimate of drug-likeness (QED) is 0.361. The van der Waals surface area contributed by atoms with Crippen molar-refractivity contribution in [3.63, 3.8) is 0 Å². The maximum Gasteiger partial charge on any atom is 0.320 e. The van der Waals surface area contributed by atoms with Crippen LogP contribution in [-0.4, -0.2) is 66.2 Å². The lowest BCUT2D eigenvalue weighted by atomic mass is 9.95. The lowest BCUT2D eigenvalue weighted by Gasteiger charge is -2.35. The second kappa shape index (κ2) is 9.39. The van der Waals surface area contributed by atoms with Crippen LogP contribution < -0.4 is 0 Å². The number of benzene rings is 1. The van der Waals surface area contributed by atoms with Gasteiger partial charge in [0, 0.05) is 43.3 Å². The van der Waals surface area contributed by atoms with Crippen molar-refractivity contribution in [3.05, 3.63) is 65.5 Å². The molecule has 0 unspecified atom stereocenters. The highest BCUT2D eigenvalue weighted by molar-refractivity contribution is 6.51. The van der Waals surface area contributed by atoms with Gasteiger partial charge in [0.05, 0.1) is 41.5 Å². The van der Waals surface area contributed by atoms with Crippen molar-refractivity contribution in [2.24, 2.45) is 5.92 Å². The standard InChI is InChI=1S/C30H29FN6O3/c1-2-18-6-9-34(10-7-18)30(40)35-11-12-37-29-19(17-35)13-20(31)14-21(29)28(33-37)27-24(39)15-23(38)26(27)22-16-32-25-5-3-4-8-36(22)25/h3-5,8,13-14,16,18H,2,6-7,9-12,15,17H2,1H3. The Morgan fingerprint density at radius 1 is 1.02 bits per heavy atom. The number of hydrogen-bond donors (Lipinski definition) is 0. The molecule has 40 heavy (non-hydrogen) atoms. The Morgan fingerprint density at radius 2 is 1.82 bits per heavy atom. The molecule has 3 aromatic heterocycles. The number of rotatable bonds is 3. The van der Waals surface area contributed by atoms with Crippen molar-refractivity contribution < 1.29 is 18.8 Å². The number of hydrogen-bond acceptors (Lipinski definition) is 5. The molecule has 0 spiro atoms. The van der Waals surface area contributed by atoms with Crippen molar-refractivity contribution in [2.75, 3.05) is 19.6 Å². The summed E-state index contributed by atoms with van der Waals surface area (Å²) >= 11 is 0. The molecule has 0 radical (unpaired) electrons. The molecule has 9 nitrogen and oxygen atoms in total. The molecular weight excluding hydrogens is 511 g/mol. The maximum atomic E-state index is 15.1. The van der Waals surface area contributed by atoms with Gasteiger partial charge in [-0.15, -0.1) is 0 Å². The number of Topliss-reactive ketones (excluding diaryl/α,β-unsaturated/α-hetero) is 2. The smallest absolute Gasteiger partial charge is 0.320 e. The van der Waals surface area contributed by atoms with Crippen LogP contribution >= 0.6 is 0 Å². The highest BCUT2D eigenvalue weighted by Gasteiger charge is 2.37. The first-order chi connectivity index (χ1) is 19.4. The van der Waals surface area contributed by atoms with Crippen molar-refractivity contribution in [1.82, 2.24) is 29.0 Å². The topological polar surface area (TPSA) is 92.8 Å². The molecular formula is C30H29FN6O3. The molecule has 0 N–H and O–H groups in total. The molecule has 2 aliphatic heterocycles. The summed E-state index contributed by atoms with van der Waals surface area (Å²) in [5.41, 5.74) is 3.24. The first kappa shape index (κ1) is 24.7. The number of urea groups is 1. The number of fused-ring (bicyclic) bond motifs is 1. The molecule has 1 aliphatic carbocycles. The van der Waals surface area contributed by atoms with Crippen LogP contribution in [0.25, 0.3) is 27.7 Å². The van der Waals surface area contributed by atoms with Gasteiger partial charge in [0.15, 0.2) is 11.6 Å². The summed E-state index contributed by atoms with van der Waals surface area (Å²) in [4.78, 5) is 47.9. The minimum atomic E-state index is -0.477. The van der Waals surface area contributed by atoms with E-state index in [0.29, 0.717) is 52.5 Å².